The summed E-state index contributed by atoms with van der Waals surface area (Å²) in [5, 5.41) is 26.5. The lowest BCUT2D eigenvalue weighted by molar-refractivity contribution is 0.201. The Balaban J connectivity index is 4.29. The van der Waals surface area contributed by atoms with Crippen LogP contribution in [0.5, 0.6) is 0 Å². The minimum Gasteiger partial charge on any atom is -0.389 e. The van der Waals surface area contributed by atoms with Crippen LogP contribution in [0.1, 0.15) is 26.7 Å². The Morgan fingerprint density at radius 1 is 1.31 bits per heavy atom. The highest BCUT2D eigenvalue weighted by Crippen LogP contribution is 2.11. The van der Waals surface area contributed by atoms with Crippen molar-refractivity contribution in [1.29, 1.82) is 10.5 Å². The SMILES string of the molecule is C=C(C)C(O)CC/C(C)=C\C=C(C#N)C#N. The van der Waals surface area contributed by atoms with E-state index in [9.17, 15) is 5.11 Å². The maximum atomic E-state index is 9.50. The first kappa shape index (κ1) is 14.2. The second-order valence-electron chi connectivity index (χ2n) is 3.72. The molecule has 1 N–H and O–H groups in total. The Labute approximate surface area is 96.6 Å². The minimum absolute atomic E-state index is 0.0831. The normalized spacial score (nSPS) is 12.2. The minimum atomic E-state index is -0.487. The van der Waals surface area contributed by atoms with Gasteiger partial charge >= 0.3 is 0 Å². The predicted molar refractivity (Wildman–Crippen MR) is 63.1 cm³/mol. The van der Waals surface area contributed by atoms with E-state index >= 15 is 0 Å². The number of hydrogen-bond donors (Lipinski definition) is 1. The third-order valence-electron chi connectivity index (χ3n) is 2.16. The zero-order chi connectivity index (χ0) is 12.6. The lowest BCUT2D eigenvalue weighted by Gasteiger charge is -2.09. The first-order chi connectivity index (χ1) is 7.51. The van der Waals surface area contributed by atoms with E-state index in [1.165, 1.54) is 6.08 Å². The lowest BCUT2D eigenvalue weighted by Crippen LogP contribution is -2.06. The Hall–Kier alpha value is -1.84. The molecule has 16 heavy (non-hydrogen) atoms. The Morgan fingerprint density at radius 2 is 1.88 bits per heavy atom. The number of aliphatic hydroxyl groups is 1. The van der Waals surface area contributed by atoms with E-state index in [1.807, 2.05) is 6.92 Å². The van der Waals surface area contributed by atoms with Crippen LogP contribution in [0.25, 0.3) is 0 Å². The molecule has 0 aromatic heterocycles. The van der Waals surface area contributed by atoms with Crippen molar-refractivity contribution >= 4 is 0 Å². The molecule has 0 rings (SSSR count). The van der Waals surface area contributed by atoms with Gasteiger partial charge in [-0.2, -0.15) is 10.5 Å². The molecular weight excluding hydrogens is 200 g/mol. The van der Waals surface area contributed by atoms with Gasteiger partial charge in [-0.05, 0) is 32.8 Å². The van der Waals surface area contributed by atoms with Crippen molar-refractivity contribution in [2.24, 2.45) is 0 Å². The van der Waals surface area contributed by atoms with Crippen molar-refractivity contribution in [3.05, 3.63) is 35.5 Å². The highest BCUT2D eigenvalue weighted by atomic mass is 16.3. The summed E-state index contributed by atoms with van der Waals surface area (Å²) in [5.41, 5.74) is 1.85. The third-order valence-corrected chi connectivity index (χ3v) is 2.16. The van der Waals surface area contributed by atoms with Crippen LogP contribution in [-0.4, -0.2) is 11.2 Å². The smallest absolute Gasteiger partial charge is 0.129 e. The average Bonchev–Trinajstić information content (AvgIpc) is 2.27. The van der Waals surface area contributed by atoms with Crippen molar-refractivity contribution in [1.82, 2.24) is 0 Å². The van der Waals surface area contributed by atoms with Gasteiger partial charge in [-0.3, -0.25) is 0 Å². The Morgan fingerprint density at radius 3 is 2.31 bits per heavy atom. The number of hydrogen-bond acceptors (Lipinski definition) is 3. The van der Waals surface area contributed by atoms with E-state index < -0.39 is 6.10 Å². The van der Waals surface area contributed by atoms with Gasteiger partial charge in [0.25, 0.3) is 0 Å². The van der Waals surface area contributed by atoms with Gasteiger partial charge in [-0.1, -0.05) is 23.8 Å². The topological polar surface area (TPSA) is 67.8 Å². The highest BCUT2D eigenvalue weighted by Gasteiger charge is 2.03. The molecule has 0 aromatic rings. The quantitative estimate of drug-likeness (QED) is 0.436. The molecule has 1 atom stereocenters. The highest BCUT2D eigenvalue weighted by molar-refractivity contribution is 5.38. The second-order valence-corrected chi connectivity index (χ2v) is 3.72. The van der Waals surface area contributed by atoms with E-state index in [4.69, 9.17) is 10.5 Å². The molecule has 3 nitrogen and oxygen atoms in total. The fourth-order valence-corrected chi connectivity index (χ4v) is 1.02. The summed E-state index contributed by atoms with van der Waals surface area (Å²) < 4.78 is 0. The summed E-state index contributed by atoms with van der Waals surface area (Å²) in [5.74, 6) is 0. The third kappa shape index (κ3) is 5.80. The summed E-state index contributed by atoms with van der Waals surface area (Å²) >= 11 is 0. The van der Waals surface area contributed by atoms with Gasteiger partial charge in [0.05, 0.1) is 6.10 Å². The standard InChI is InChI=1S/C13H16N2O/c1-10(2)13(16)7-5-11(3)4-6-12(8-14)9-15/h4,6,13,16H,1,5,7H2,2-3H3/b11-4-. The summed E-state index contributed by atoms with van der Waals surface area (Å²) in [6.45, 7) is 7.35. The van der Waals surface area contributed by atoms with E-state index in [0.29, 0.717) is 12.8 Å². The molecule has 0 spiro atoms. The van der Waals surface area contributed by atoms with Crippen LogP contribution < -0.4 is 0 Å². The molecule has 0 aliphatic carbocycles. The average molecular weight is 216 g/mol. The molecule has 0 saturated carbocycles. The number of nitriles is 2. The zero-order valence-electron chi connectivity index (χ0n) is 9.70. The fourth-order valence-electron chi connectivity index (χ4n) is 1.02. The van der Waals surface area contributed by atoms with Crippen molar-refractivity contribution < 1.29 is 5.11 Å². The van der Waals surface area contributed by atoms with Gasteiger partial charge < -0.3 is 5.11 Å². The first-order valence-corrected chi connectivity index (χ1v) is 5.02. The Kier molecular flexibility index (Phi) is 6.59. The molecule has 0 aromatic carbocycles. The molecule has 0 fully saturated rings. The van der Waals surface area contributed by atoms with Crippen LogP contribution in [0, 0.1) is 22.7 Å². The number of nitrogens with zero attached hydrogens (tertiary/aromatic N) is 2. The molecule has 1 unspecified atom stereocenters. The predicted octanol–water partition coefficient (Wildman–Crippen LogP) is 2.62. The number of allylic oxidation sites excluding steroid dienone is 4. The van der Waals surface area contributed by atoms with E-state index in [2.05, 4.69) is 6.58 Å². The monoisotopic (exact) mass is 216 g/mol. The van der Waals surface area contributed by atoms with Crippen LogP contribution in [0.4, 0.5) is 0 Å². The molecule has 0 amide bonds. The molecule has 84 valence electrons. The van der Waals surface area contributed by atoms with E-state index in [1.54, 1.807) is 25.1 Å². The van der Waals surface area contributed by atoms with Crippen LogP contribution >= 0.6 is 0 Å². The first-order valence-electron chi connectivity index (χ1n) is 5.02. The van der Waals surface area contributed by atoms with E-state index in [-0.39, 0.29) is 5.57 Å². The number of rotatable bonds is 5. The summed E-state index contributed by atoms with van der Waals surface area (Å²) in [7, 11) is 0. The largest absolute Gasteiger partial charge is 0.389 e. The maximum Gasteiger partial charge on any atom is 0.129 e. The summed E-state index contributed by atoms with van der Waals surface area (Å²) in [4.78, 5) is 0. The summed E-state index contributed by atoms with van der Waals surface area (Å²) in [6, 6.07) is 3.56. The molecule has 0 radical (unpaired) electrons. The zero-order valence-corrected chi connectivity index (χ0v) is 9.70. The van der Waals surface area contributed by atoms with Crippen LogP contribution in [0.2, 0.25) is 0 Å². The number of aliphatic hydroxyl groups excluding tert-OH is 1. The van der Waals surface area contributed by atoms with Crippen molar-refractivity contribution in [3.63, 3.8) is 0 Å². The van der Waals surface area contributed by atoms with E-state index in [0.717, 1.165) is 11.1 Å². The van der Waals surface area contributed by atoms with Gasteiger partial charge in [0.2, 0.25) is 0 Å². The molecule has 0 aliphatic rings. The van der Waals surface area contributed by atoms with Gasteiger partial charge in [-0.15, -0.1) is 0 Å². The molecular formula is C13H16N2O. The second kappa shape index (κ2) is 7.45. The van der Waals surface area contributed by atoms with Crippen molar-refractivity contribution in [3.8, 4) is 12.1 Å². The van der Waals surface area contributed by atoms with Gasteiger partial charge in [0.15, 0.2) is 0 Å². The maximum absolute atomic E-state index is 9.50. The van der Waals surface area contributed by atoms with Gasteiger partial charge in [-0.25, -0.2) is 0 Å². The summed E-state index contributed by atoms with van der Waals surface area (Å²) in [6.07, 6.45) is 4.06. The van der Waals surface area contributed by atoms with Gasteiger partial charge in [0, 0.05) is 0 Å². The molecule has 0 saturated heterocycles. The van der Waals surface area contributed by atoms with Crippen molar-refractivity contribution in [2.75, 3.05) is 0 Å². The molecule has 0 bridgehead atoms. The van der Waals surface area contributed by atoms with Crippen molar-refractivity contribution in [2.45, 2.75) is 32.8 Å². The lowest BCUT2D eigenvalue weighted by atomic mass is 10.0. The Bertz CT molecular complexity index is 375. The van der Waals surface area contributed by atoms with Crippen LogP contribution in [0.15, 0.2) is 35.5 Å². The molecule has 0 aliphatic heterocycles. The molecule has 0 heterocycles. The molecule has 3 heteroatoms. The van der Waals surface area contributed by atoms with Crippen LogP contribution in [-0.2, 0) is 0 Å². The van der Waals surface area contributed by atoms with Gasteiger partial charge in [0.1, 0.15) is 17.7 Å². The van der Waals surface area contributed by atoms with Crippen LogP contribution in [0.3, 0.4) is 0 Å². The fraction of sp³-hybridized carbons (Fsp3) is 0.385.